The van der Waals surface area contributed by atoms with Crippen LogP contribution < -0.4 is 0 Å². The second-order valence-electron chi connectivity index (χ2n) is 5.59. The van der Waals surface area contributed by atoms with Crippen molar-refractivity contribution in [2.75, 3.05) is 0 Å². The molecule has 13 heavy (non-hydrogen) atoms. The summed E-state index contributed by atoms with van der Waals surface area (Å²) >= 11 is 0. The molecule has 0 saturated heterocycles. The van der Waals surface area contributed by atoms with Gasteiger partial charge in [0.05, 0.1) is 0 Å². The SMILES string of the molecule is CCCC1C(C)[C@@H]2C[C@H]1C(C)C2C. The Morgan fingerprint density at radius 3 is 2.08 bits per heavy atom. The fourth-order valence-electron chi connectivity index (χ4n) is 4.30. The fraction of sp³-hybridized carbons (Fsp3) is 1.00. The lowest BCUT2D eigenvalue weighted by molar-refractivity contribution is 0.120. The molecule has 0 aliphatic heterocycles. The average Bonchev–Trinajstić information content (AvgIpc) is 2.55. The van der Waals surface area contributed by atoms with E-state index in [0.29, 0.717) is 0 Å². The van der Waals surface area contributed by atoms with E-state index in [2.05, 4.69) is 27.7 Å². The first kappa shape index (κ1) is 9.55. The van der Waals surface area contributed by atoms with Crippen molar-refractivity contribution in [3.63, 3.8) is 0 Å². The molecule has 0 aromatic rings. The first-order chi connectivity index (χ1) is 6.16. The highest BCUT2D eigenvalue weighted by molar-refractivity contribution is 5.00. The van der Waals surface area contributed by atoms with Gasteiger partial charge in [0.15, 0.2) is 0 Å². The van der Waals surface area contributed by atoms with Crippen LogP contribution in [0.3, 0.4) is 0 Å². The molecule has 2 saturated carbocycles. The van der Waals surface area contributed by atoms with Gasteiger partial charge in [0.25, 0.3) is 0 Å². The van der Waals surface area contributed by atoms with Gasteiger partial charge in [0.2, 0.25) is 0 Å². The van der Waals surface area contributed by atoms with Crippen LogP contribution in [-0.4, -0.2) is 0 Å². The number of rotatable bonds is 2. The Balaban J connectivity index is 2.10. The predicted octanol–water partition coefficient (Wildman–Crippen LogP) is 3.96. The van der Waals surface area contributed by atoms with Crippen molar-refractivity contribution in [2.45, 2.75) is 47.0 Å². The molecule has 0 amide bonds. The second kappa shape index (κ2) is 3.29. The fourth-order valence-corrected chi connectivity index (χ4v) is 4.30. The molecule has 0 heterocycles. The molecular weight excluding hydrogens is 156 g/mol. The number of fused-ring (bicyclic) bond motifs is 2. The van der Waals surface area contributed by atoms with Crippen molar-refractivity contribution in [3.8, 4) is 0 Å². The molecule has 0 heteroatoms. The van der Waals surface area contributed by atoms with Crippen molar-refractivity contribution in [2.24, 2.45) is 35.5 Å². The minimum atomic E-state index is 1.01. The molecule has 2 aliphatic carbocycles. The summed E-state index contributed by atoms with van der Waals surface area (Å²) < 4.78 is 0. The summed E-state index contributed by atoms with van der Waals surface area (Å²) in [6.07, 6.45) is 4.42. The van der Waals surface area contributed by atoms with E-state index in [-0.39, 0.29) is 0 Å². The highest BCUT2D eigenvalue weighted by Crippen LogP contribution is 2.58. The maximum absolute atomic E-state index is 2.51. The third-order valence-electron chi connectivity index (χ3n) is 5.25. The molecule has 2 aliphatic rings. The molecular formula is C13H24. The third-order valence-corrected chi connectivity index (χ3v) is 5.25. The predicted molar refractivity (Wildman–Crippen MR) is 57.5 cm³/mol. The zero-order valence-corrected chi connectivity index (χ0v) is 9.59. The first-order valence-corrected chi connectivity index (χ1v) is 6.16. The minimum absolute atomic E-state index is 1.01. The molecule has 76 valence electrons. The molecule has 0 N–H and O–H groups in total. The lowest BCUT2D eigenvalue weighted by Gasteiger charge is -2.36. The van der Waals surface area contributed by atoms with Gasteiger partial charge in [0, 0.05) is 0 Å². The van der Waals surface area contributed by atoms with E-state index in [1.807, 2.05) is 0 Å². The molecule has 2 rings (SSSR count). The summed E-state index contributed by atoms with van der Waals surface area (Å²) in [5, 5.41) is 0. The smallest absolute Gasteiger partial charge is 0.0352 e. The van der Waals surface area contributed by atoms with E-state index in [1.165, 1.54) is 12.8 Å². The largest absolute Gasteiger partial charge is 0.0654 e. The summed E-state index contributed by atoms with van der Waals surface area (Å²) in [5.74, 6) is 6.26. The highest BCUT2D eigenvalue weighted by Gasteiger charge is 2.52. The van der Waals surface area contributed by atoms with Crippen molar-refractivity contribution in [1.29, 1.82) is 0 Å². The van der Waals surface area contributed by atoms with Gasteiger partial charge in [-0.2, -0.15) is 0 Å². The summed E-state index contributed by atoms with van der Waals surface area (Å²) in [5.41, 5.74) is 0. The minimum Gasteiger partial charge on any atom is -0.0654 e. The van der Waals surface area contributed by atoms with Gasteiger partial charge in [-0.05, 0) is 41.9 Å². The Labute approximate surface area is 83.1 Å². The summed E-state index contributed by atoms with van der Waals surface area (Å²) in [4.78, 5) is 0. The average molecular weight is 180 g/mol. The van der Waals surface area contributed by atoms with Crippen LogP contribution in [0.15, 0.2) is 0 Å². The van der Waals surface area contributed by atoms with E-state index in [1.54, 1.807) is 6.42 Å². The molecule has 6 atom stereocenters. The molecule has 2 fully saturated rings. The van der Waals surface area contributed by atoms with E-state index in [4.69, 9.17) is 0 Å². The molecule has 4 unspecified atom stereocenters. The molecule has 0 aromatic carbocycles. The van der Waals surface area contributed by atoms with Gasteiger partial charge in [-0.15, -0.1) is 0 Å². The Morgan fingerprint density at radius 2 is 1.54 bits per heavy atom. The molecule has 0 spiro atoms. The molecule has 2 bridgehead atoms. The van der Waals surface area contributed by atoms with Crippen LogP contribution in [0.2, 0.25) is 0 Å². The summed E-state index contributed by atoms with van der Waals surface area (Å²) in [6.45, 7) is 9.82. The van der Waals surface area contributed by atoms with Gasteiger partial charge in [-0.1, -0.05) is 40.5 Å². The van der Waals surface area contributed by atoms with E-state index in [0.717, 1.165) is 35.5 Å². The zero-order chi connectivity index (χ0) is 9.59. The van der Waals surface area contributed by atoms with Crippen LogP contribution in [-0.2, 0) is 0 Å². The van der Waals surface area contributed by atoms with Crippen LogP contribution in [0.25, 0.3) is 0 Å². The van der Waals surface area contributed by atoms with Crippen molar-refractivity contribution in [1.82, 2.24) is 0 Å². The highest BCUT2D eigenvalue weighted by atomic mass is 14.6. The second-order valence-corrected chi connectivity index (χ2v) is 5.59. The number of hydrogen-bond donors (Lipinski definition) is 0. The summed E-state index contributed by atoms with van der Waals surface area (Å²) in [7, 11) is 0. The molecule has 0 nitrogen and oxygen atoms in total. The Hall–Kier alpha value is 0. The van der Waals surface area contributed by atoms with E-state index >= 15 is 0 Å². The summed E-state index contributed by atoms with van der Waals surface area (Å²) in [6, 6.07) is 0. The third kappa shape index (κ3) is 1.25. The first-order valence-electron chi connectivity index (χ1n) is 6.16. The van der Waals surface area contributed by atoms with Gasteiger partial charge in [-0.25, -0.2) is 0 Å². The quantitative estimate of drug-likeness (QED) is 0.603. The Morgan fingerprint density at radius 1 is 0.923 bits per heavy atom. The lowest BCUT2D eigenvalue weighted by Crippen LogP contribution is -2.30. The van der Waals surface area contributed by atoms with Crippen LogP contribution in [0.5, 0.6) is 0 Å². The van der Waals surface area contributed by atoms with Crippen molar-refractivity contribution in [3.05, 3.63) is 0 Å². The zero-order valence-electron chi connectivity index (χ0n) is 9.59. The van der Waals surface area contributed by atoms with Gasteiger partial charge in [-0.3, -0.25) is 0 Å². The monoisotopic (exact) mass is 180 g/mol. The van der Waals surface area contributed by atoms with Crippen LogP contribution >= 0.6 is 0 Å². The van der Waals surface area contributed by atoms with Gasteiger partial charge >= 0.3 is 0 Å². The van der Waals surface area contributed by atoms with Crippen molar-refractivity contribution >= 4 is 0 Å². The standard InChI is InChI=1S/C13H24/c1-5-6-11-10(4)12-7-13(11)9(3)8(12)2/h8-13H,5-7H2,1-4H3/t8?,9?,10?,11?,12-,13+/m1/s1. The lowest BCUT2D eigenvalue weighted by atomic mass is 9.69. The topological polar surface area (TPSA) is 0 Å². The maximum Gasteiger partial charge on any atom is -0.0352 e. The van der Waals surface area contributed by atoms with Gasteiger partial charge in [0.1, 0.15) is 0 Å². The van der Waals surface area contributed by atoms with Gasteiger partial charge < -0.3 is 0 Å². The van der Waals surface area contributed by atoms with Crippen molar-refractivity contribution < 1.29 is 0 Å². The Kier molecular flexibility index (Phi) is 2.42. The van der Waals surface area contributed by atoms with E-state index in [9.17, 15) is 0 Å². The van der Waals surface area contributed by atoms with E-state index < -0.39 is 0 Å². The van der Waals surface area contributed by atoms with Crippen LogP contribution in [0, 0.1) is 35.5 Å². The molecule has 0 aromatic heterocycles. The van der Waals surface area contributed by atoms with Crippen LogP contribution in [0.4, 0.5) is 0 Å². The maximum atomic E-state index is 2.51. The normalized spacial score (nSPS) is 54.5. The number of hydrogen-bond acceptors (Lipinski definition) is 0. The molecule has 0 radical (unpaired) electrons. The van der Waals surface area contributed by atoms with Crippen LogP contribution in [0.1, 0.15) is 47.0 Å². The Bertz CT molecular complexity index is 184.